The van der Waals surface area contributed by atoms with E-state index in [1.165, 1.54) is 0 Å². The summed E-state index contributed by atoms with van der Waals surface area (Å²) in [6.07, 6.45) is 1.25. The SMILES string of the molecule is CCOC(=O)Oc1ccc(C(=O)N2CCC(CNC(=O)Cc3ccccc3Br)CC2)cc1. The van der Waals surface area contributed by atoms with Gasteiger partial charge in [0.15, 0.2) is 0 Å². The highest BCUT2D eigenvalue weighted by Crippen LogP contribution is 2.21. The first-order valence-electron chi connectivity index (χ1n) is 10.7. The van der Waals surface area contributed by atoms with Crippen molar-refractivity contribution >= 4 is 33.9 Å². The molecule has 1 N–H and O–H groups in total. The Labute approximate surface area is 196 Å². The molecule has 1 fully saturated rings. The van der Waals surface area contributed by atoms with Crippen LogP contribution in [0, 0.1) is 5.92 Å². The summed E-state index contributed by atoms with van der Waals surface area (Å²) in [6.45, 7) is 3.84. The predicted molar refractivity (Wildman–Crippen MR) is 124 cm³/mol. The van der Waals surface area contributed by atoms with Crippen molar-refractivity contribution in [2.75, 3.05) is 26.2 Å². The van der Waals surface area contributed by atoms with Gasteiger partial charge in [0.2, 0.25) is 5.91 Å². The van der Waals surface area contributed by atoms with Gasteiger partial charge in [0.1, 0.15) is 5.75 Å². The predicted octanol–water partition coefficient (Wildman–Crippen LogP) is 4.20. The molecule has 0 aromatic heterocycles. The summed E-state index contributed by atoms with van der Waals surface area (Å²) in [4.78, 5) is 38.2. The molecule has 8 heteroatoms. The molecule has 0 atom stereocenters. The number of benzene rings is 2. The Kier molecular flexibility index (Phi) is 8.67. The zero-order valence-corrected chi connectivity index (χ0v) is 19.6. The van der Waals surface area contributed by atoms with E-state index in [4.69, 9.17) is 9.47 Å². The fourth-order valence-corrected chi connectivity index (χ4v) is 3.99. The van der Waals surface area contributed by atoms with E-state index in [0.29, 0.717) is 43.3 Å². The fourth-order valence-electron chi connectivity index (χ4n) is 3.57. The van der Waals surface area contributed by atoms with E-state index in [1.807, 2.05) is 29.2 Å². The van der Waals surface area contributed by atoms with E-state index < -0.39 is 6.16 Å². The van der Waals surface area contributed by atoms with Gasteiger partial charge in [-0.3, -0.25) is 9.59 Å². The summed E-state index contributed by atoms with van der Waals surface area (Å²) in [5, 5.41) is 3.02. The topological polar surface area (TPSA) is 84.9 Å². The average molecular weight is 503 g/mol. The Hall–Kier alpha value is -2.87. The number of halogens is 1. The molecule has 1 aliphatic heterocycles. The number of ether oxygens (including phenoxy) is 2. The van der Waals surface area contributed by atoms with Crippen LogP contribution in [-0.4, -0.2) is 49.1 Å². The molecule has 1 saturated heterocycles. The number of likely N-dealkylation sites (tertiary alicyclic amines) is 1. The van der Waals surface area contributed by atoms with Crippen LogP contribution >= 0.6 is 15.9 Å². The van der Waals surface area contributed by atoms with Gasteiger partial charge in [0, 0.05) is 29.7 Å². The molecule has 2 aromatic rings. The van der Waals surface area contributed by atoms with Gasteiger partial charge < -0.3 is 19.7 Å². The third-order valence-corrected chi connectivity index (χ3v) is 6.14. The van der Waals surface area contributed by atoms with Gasteiger partial charge in [-0.15, -0.1) is 0 Å². The standard InChI is InChI=1S/C24H27BrN2O5/c1-2-31-24(30)32-20-9-7-18(8-10-20)23(29)27-13-11-17(12-14-27)16-26-22(28)15-19-5-3-4-6-21(19)25/h3-10,17H,2,11-16H2,1H3,(H,26,28). The molecule has 1 heterocycles. The molecule has 0 aliphatic carbocycles. The van der Waals surface area contributed by atoms with Crippen molar-refractivity contribution in [1.29, 1.82) is 0 Å². The van der Waals surface area contributed by atoms with Gasteiger partial charge in [-0.2, -0.15) is 0 Å². The van der Waals surface area contributed by atoms with Gasteiger partial charge in [-0.1, -0.05) is 34.1 Å². The molecule has 0 unspecified atom stereocenters. The monoisotopic (exact) mass is 502 g/mol. The molecule has 0 saturated carbocycles. The van der Waals surface area contributed by atoms with E-state index in [9.17, 15) is 14.4 Å². The third kappa shape index (κ3) is 6.82. The van der Waals surface area contributed by atoms with Gasteiger partial charge in [0.05, 0.1) is 13.0 Å². The minimum Gasteiger partial charge on any atom is -0.434 e. The second kappa shape index (κ2) is 11.7. The molecular formula is C24H27BrN2O5. The second-order valence-corrected chi connectivity index (χ2v) is 8.47. The van der Waals surface area contributed by atoms with Gasteiger partial charge >= 0.3 is 6.16 Å². The van der Waals surface area contributed by atoms with Crippen LogP contribution in [0.25, 0.3) is 0 Å². The summed E-state index contributed by atoms with van der Waals surface area (Å²) >= 11 is 3.47. The second-order valence-electron chi connectivity index (χ2n) is 7.62. The normalized spacial score (nSPS) is 14.0. The number of nitrogens with zero attached hydrogens (tertiary/aromatic N) is 1. The Morgan fingerprint density at radius 1 is 1.06 bits per heavy atom. The fraction of sp³-hybridized carbons (Fsp3) is 0.375. The Balaban J connectivity index is 1.42. The van der Waals surface area contributed by atoms with Gasteiger partial charge in [-0.25, -0.2) is 4.79 Å². The quantitative estimate of drug-likeness (QED) is 0.453. The molecule has 0 radical (unpaired) electrons. The van der Waals surface area contributed by atoms with E-state index in [2.05, 4.69) is 21.2 Å². The summed E-state index contributed by atoms with van der Waals surface area (Å²) in [6, 6.07) is 14.2. The maximum atomic E-state index is 12.8. The molecule has 2 aromatic carbocycles. The van der Waals surface area contributed by atoms with Crippen LogP contribution in [0.15, 0.2) is 53.0 Å². The molecule has 7 nitrogen and oxygen atoms in total. The van der Waals surface area contributed by atoms with Crippen molar-refractivity contribution in [2.24, 2.45) is 5.92 Å². The first-order valence-corrected chi connectivity index (χ1v) is 11.5. The van der Waals surface area contributed by atoms with E-state index in [-0.39, 0.29) is 18.4 Å². The highest BCUT2D eigenvalue weighted by molar-refractivity contribution is 9.10. The lowest BCUT2D eigenvalue weighted by molar-refractivity contribution is -0.120. The van der Waals surface area contributed by atoms with Crippen LogP contribution in [0.3, 0.4) is 0 Å². The Bertz CT molecular complexity index is 940. The Morgan fingerprint density at radius 3 is 2.41 bits per heavy atom. The molecule has 3 rings (SSSR count). The largest absolute Gasteiger partial charge is 0.513 e. The number of rotatable bonds is 7. The number of hydrogen-bond donors (Lipinski definition) is 1. The highest BCUT2D eigenvalue weighted by atomic mass is 79.9. The van der Waals surface area contributed by atoms with Crippen molar-refractivity contribution in [1.82, 2.24) is 10.2 Å². The summed E-state index contributed by atoms with van der Waals surface area (Å²) in [5.41, 5.74) is 1.51. The minimum absolute atomic E-state index is 0.000494. The summed E-state index contributed by atoms with van der Waals surface area (Å²) in [5.74, 6) is 0.629. The van der Waals surface area contributed by atoms with Gasteiger partial charge in [-0.05, 0) is 61.6 Å². The van der Waals surface area contributed by atoms with Gasteiger partial charge in [0.25, 0.3) is 5.91 Å². The zero-order valence-electron chi connectivity index (χ0n) is 18.0. The number of amides is 2. The number of carbonyl (C=O) groups is 3. The Morgan fingerprint density at radius 2 is 1.75 bits per heavy atom. The minimum atomic E-state index is -0.767. The van der Waals surface area contributed by atoms with E-state index >= 15 is 0 Å². The van der Waals surface area contributed by atoms with E-state index in [1.54, 1.807) is 31.2 Å². The van der Waals surface area contributed by atoms with Crippen LogP contribution in [0.5, 0.6) is 5.75 Å². The van der Waals surface area contributed by atoms with Crippen molar-refractivity contribution in [3.63, 3.8) is 0 Å². The molecule has 0 bridgehead atoms. The molecule has 170 valence electrons. The van der Waals surface area contributed by atoms with E-state index in [0.717, 1.165) is 22.9 Å². The average Bonchev–Trinajstić information content (AvgIpc) is 2.80. The first-order chi connectivity index (χ1) is 15.5. The molecular weight excluding hydrogens is 476 g/mol. The highest BCUT2D eigenvalue weighted by Gasteiger charge is 2.24. The number of piperidine rings is 1. The van der Waals surface area contributed by atoms with Crippen LogP contribution in [0.2, 0.25) is 0 Å². The zero-order chi connectivity index (χ0) is 22.9. The first kappa shape index (κ1) is 23.8. The number of carbonyl (C=O) groups excluding carboxylic acids is 3. The lowest BCUT2D eigenvalue weighted by Crippen LogP contribution is -2.41. The van der Waals surface area contributed by atoms with Crippen LogP contribution in [-0.2, 0) is 16.0 Å². The lowest BCUT2D eigenvalue weighted by atomic mass is 9.96. The van der Waals surface area contributed by atoms with Crippen molar-refractivity contribution in [3.8, 4) is 5.75 Å². The lowest BCUT2D eigenvalue weighted by Gasteiger charge is -2.32. The molecule has 2 amide bonds. The number of hydrogen-bond acceptors (Lipinski definition) is 5. The maximum absolute atomic E-state index is 12.8. The van der Waals surface area contributed by atoms with Crippen molar-refractivity contribution < 1.29 is 23.9 Å². The van der Waals surface area contributed by atoms with Crippen molar-refractivity contribution in [2.45, 2.75) is 26.2 Å². The smallest absolute Gasteiger partial charge is 0.434 e. The van der Waals surface area contributed by atoms with Crippen LogP contribution in [0.1, 0.15) is 35.7 Å². The summed E-state index contributed by atoms with van der Waals surface area (Å²) in [7, 11) is 0. The van der Waals surface area contributed by atoms with Crippen molar-refractivity contribution in [3.05, 3.63) is 64.1 Å². The third-order valence-electron chi connectivity index (χ3n) is 5.36. The summed E-state index contributed by atoms with van der Waals surface area (Å²) < 4.78 is 10.7. The molecule has 32 heavy (non-hydrogen) atoms. The van der Waals surface area contributed by atoms with Crippen LogP contribution < -0.4 is 10.1 Å². The molecule has 1 aliphatic rings. The number of nitrogens with one attached hydrogen (secondary N) is 1. The maximum Gasteiger partial charge on any atom is 0.513 e. The van der Waals surface area contributed by atoms with Crippen LogP contribution in [0.4, 0.5) is 4.79 Å². The molecule has 0 spiro atoms.